The summed E-state index contributed by atoms with van der Waals surface area (Å²) in [7, 11) is 0. The molecule has 150 valence electrons. The fourth-order valence-electron chi connectivity index (χ4n) is 2.66. The number of hydrogen-bond acceptors (Lipinski definition) is 6. The van der Waals surface area contributed by atoms with E-state index in [0.29, 0.717) is 27.8 Å². The van der Waals surface area contributed by atoms with E-state index in [1.54, 1.807) is 36.0 Å². The van der Waals surface area contributed by atoms with E-state index >= 15 is 0 Å². The first kappa shape index (κ1) is 20.2. The summed E-state index contributed by atoms with van der Waals surface area (Å²) in [4.78, 5) is 34.0. The van der Waals surface area contributed by atoms with Crippen molar-refractivity contribution in [2.24, 2.45) is 0 Å². The Bertz CT molecular complexity index is 1190. The fourth-order valence-corrected chi connectivity index (χ4v) is 4.57. The Morgan fingerprint density at radius 3 is 2.63 bits per heavy atom. The monoisotopic (exact) mass is 454 g/mol. The third-order valence-electron chi connectivity index (χ3n) is 4.10. The van der Waals surface area contributed by atoms with E-state index < -0.39 is 0 Å². The van der Waals surface area contributed by atoms with Gasteiger partial charge in [0.15, 0.2) is 0 Å². The van der Waals surface area contributed by atoms with Crippen molar-refractivity contribution < 1.29 is 9.59 Å². The predicted molar refractivity (Wildman–Crippen MR) is 120 cm³/mol. The highest BCUT2D eigenvalue weighted by atomic mass is 35.5. The van der Waals surface area contributed by atoms with Crippen molar-refractivity contribution in [2.45, 2.75) is 6.54 Å². The summed E-state index contributed by atoms with van der Waals surface area (Å²) in [5.74, 6) is -0.478. The molecule has 0 atom stereocenters. The summed E-state index contributed by atoms with van der Waals surface area (Å²) in [5, 5.41) is 8.19. The Morgan fingerprint density at radius 2 is 1.87 bits per heavy atom. The number of benzene rings is 1. The minimum atomic E-state index is -0.258. The molecule has 0 bridgehead atoms. The number of carbonyl (C=O) groups is 2. The molecule has 3 aromatic heterocycles. The van der Waals surface area contributed by atoms with Crippen molar-refractivity contribution in [1.82, 2.24) is 15.3 Å². The molecule has 30 heavy (non-hydrogen) atoms. The number of aromatic nitrogens is 2. The molecule has 2 amide bonds. The van der Waals surface area contributed by atoms with Crippen LogP contribution in [0.4, 0.5) is 5.69 Å². The Labute approximate surface area is 185 Å². The average Bonchev–Trinajstić information content (AvgIpc) is 3.42. The van der Waals surface area contributed by atoms with Crippen LogP contribution in [0.3, 0.4) is 0 Å². The summed E-state index contributed by atoms with van der Waals surface area (Å²) < 4.78 is 0.683. The van der Waals surface area contributed by atoms with Crippen molar-refractivity contribution in [3.8, 4) is 9.88 Å². The van der Waals surface area contributed by atoms with E-state index in [0.717, 1.165) is 15.4 Å². The second kappa shape index (κ2) is 9.17. The summed E-state index contributed by atoms with van der Waals surface area (Å²) >= 11 is 8.79. The van der Waals surface area contributed by atoms with Crippen molar-refractivity contribution in [3.63, 3.8) is 0 Å². The molecule has 9 heteroatoms. The molecule has 0 spiro atoms. The molecule has 0 saturated heterocycles. The van der Waals surface area contributed by atoms with Gasteiger partial charge in [-0.2, -0.15) is 0 Å². The molecule has 0 radical (unpaired) electrons. The molecule has 0 unspecified atom stereocenters. The number of thiazole rings is 1. The van der Waals surface area contributed by atoms with Gasteiger partial charge in [0.1, 0.15) is 10.7 Å². The zero-order valence-electron chi connectivity index (χ0n) is 15.5. The third kappa shape index (κ3) is 4.91. The second-order valence-corrected chi connectivity index (χ2v) is 8.79. The molecule has 0 aliphatic heterocycles. The van der Waals surface area contributed by atoms with Gasteiger partial charge in [0.05, 0.1) is 9.21 Å². The zero-order valence-corrected chi connectivity index (χ0v) is 17.9. The number of rotatable bonds is 6. The van der Waals surface area contributed by atoms with Gasteiger partial charge in [0, 0.05) is 35.6 Å². The molecule has 1 aromatic carbocycles. The molecule has 4 rings (SSSR count). The lowest BCUT2D eigenvalue weighted by atomic mass is 10.2. The van der Waals surface area contributed by atoms with Crippen LogP contribution in [-0.4, -0.2) is 21.8 Å². The topological polar surface area (TPSA) is 84.0 Å². The van der Waals surface area contributed by atoms with E-state index in [9.17, 15) is 9.59 Å². The van der Waals surface area contributed by atoms with E-state index in [1.807, 2.05) is 30.3 Å². The summed E-state index contributed by atoms with van der Waals surface area (Å²) in [6.45, 7) is 0.315. The Morgan fingerprint density at radius 1 is 1.03 bits per heavy atom. The van der Waals surface area contributed by atoms with Crippen molar-refractivity contribution in [1.29, 1.82) is 0 Å². The number of anilines is 1. The SMILES string of the molecule is O=C(Nc1cccc(CNC(=O)c2csc(-c3ccc(Cl)s3)n2)c1)c1ccncc1. The van der Waals surface area contributed by atoms with E-state index in [1.165, 1.54) is 22.7 Å². The van der Waals surface area contributed by atoms with Crippen LogP contribution in [0.5, 0.6) is 0 Å². The molecule has 4 aromatic rings. The van der Waals surface area contributed by atoms with Gasteiger partial charge in [-0.3, -0.25) is 14.6 Å². The molecule has 2 N–H and O–H groups in total. The number of hydrogen-bond donors (Lipinski definition) is 2. The van der Waals surface area contributed by atoms with Gasteiger partial charge in [-0.25, -0.2) is 4.98 Å². The first-order chi connectivity index (χ1) is 14.6. The smallest absolute Gasteiger partial charge is 0.271 e. The van der Waals surface area contributed by atoms with Crippen LogP contribution in [-0.2, 0) is 6.54 Å². The predicted octanol–water partition coefficient (Wildman–Crippen LogP) is 5.10. The maximum absolute atomic E-state index is 12.5. The maximum atomic E-state index is 12.5. The summed E-state index contributed by atoms with van der Waals surface area (Å²) in [6, 6.07) is 14.3. The van der Waals surface area contributed by atoms with Gasteiger partial charge in [0.2, 0.25) is 0 Å². The second-order valence-electron chi connectivity index (χ2n) is 6.21. The Kier molecular flexibility index (Phi) is 6.18. The zero-order chi connectivity index (χ0) is 20.9. The van der Waals surface area contributed by atoms with Crippen LogP contribution in [0.15, 0.2) is 66.3 Å². The molecular weight excluding hydrogens is 440 g/mol. The van der Waals surface area contributed by atoms with Gasteiger partial charge < -0.3 is 10.6 Å². The van der Waals surface area contributed by atoms with E-state index in [-0.39, 0.29) is 11.8 Å². The van der Waals surface area contributed by atoms with Crippen molar-refractivity contribution >= 4 is 51.8 Å². The highest BCUT2D eigenvalue weighted by molar-refractivity contribution is 7.23. The molecule has 0 saturated carbocycles. The number of carbonyl (C=O) groups excluding carboxylic acids is 2. The lowest BCUT2D eigenvalue weighted by Gasteiger charge is -2.08. The quantitative estimate of drug-likeness (QED) is 0.424. The van der Waals surface area contributed by atoms with Crippen LogP contribution in [0, 0.1) is 0 Å². The van der Waals surface area contributed by atoms with Crippen LogP contribution in [0.25, 0.3) is 9.88 Å². The standard InChI is InChI=1S/C21H15ClN4O2S2/c22-18-5-4-17(30-18)21-26-16(12-29-21)20(28)24-11-13-2-1-3-15(10-13)25-19(27)14-6-8-23-9-7-14/h1-10,12H,11H2,(H,24,28)(H,25,27). The minimum Gasteiger partial charge on any atom is -0.347 e. The van der Waals surface area contributed by atoms with E-state index in [2.05, 4.69) is 20.6 Å². The first-order valence-electron chi connectivity index (χ1n) is 8.88. The number of halogens is 1. The van der Waals surface area contributed by atoms with Gasteiger partial charge in [-0.1, -0.05) is 23.7 Å². The number of thiophene rings is 1. The largest absolute Gasteiger partial charge is 0.347 e. The van der Waals surface area contributed by atoms with Crippen LogP contribution < -0.4 is 10.6 Å². The molecule has 0 aliphatic carbocycles. The molecule has 0 fully saturated rings. The molecule has 3 heterocycles. The van der Waals surface area contributed by atoms with Crippen LogP contribution >= 0.6 is 34.3 Å². The lowest BCUT2D eigenvalue weighted by Crippen LogP contribution is -2.23. The van der Waals surface area contributed by atoms with Crippen molar-refractivity contribution in [2.75, 3.05) is 5.32 Å². The van der Waals surface area contributed by atoms with Gasteiger partial charge >= 0.3 is 0 Å². The van der Waals surface area contributed by atoms with E-state index in [4.69, 9.17) is 11.6 Å². The average molecular weight is 455 g/mol. The highest BCUT2D eigenvalue weighted by Crippen LogP contribution is 2.32. The van der Waals surface area contributed by atoms with Crippen LogP contribution in [0.1, 0.15) is 26.4 Å². The van der Waals surface area contributed by atoms with Gasteiger partial charge in [0.25, 0.3) is 11.8 Å². The number of amides is 2. The Hall–Kier alpha value is -3.07. The normalized spacial score (nSPS) is 10.6. The number of nitrogens with zero attached hydrogens (tertiary/aromatic N) is 2. The minimum absolute atomic E-state index is 0.220. The number of pyridine rings is 1. The summed E-state index contributed by atoms with van der Waals surface area (Å²) in [6.07, 6.45) is 3.13. The van der Waals surface area contributed by atoms with Crippen LogP contribution in [0.2, 0.25) is 4.34 Å². The first-order valence-corrected chi connectivity index (χ1v) is 11.0. The van der Waals surface area contributed by atoms with Crippen molar-refractivity contribution in [3.05, 3.63) is 87.5 Å². The molecule has 6 nitrogen and oxygen atoms in total. The highest BCUT2D eigenvalue weighted by Gasteiger charge is 2.13. The molecule has 0 aliphatic rings. The Balaban J connectivity index is 1.37. The fraction of sp³-hybridized carbons (Fsp3) is 0.0476. The number of nitrogens with one attached hydrogen (secondary N) is 2. The molecular formula is C21H15ClN4O2S2. The lowest BCUT2D eigenvalue weighted by molar-refractivity contribution is 0.0945. The third-order valence-corrected chi connectivity index (χ3v) is 6.34. The van der Waals surface area contributed by atoms with Gasteiger partial charge in [-0.05, 0) is 42.0 Å². The summed E-state index contributed by atoms with van der Waals surface area (Å²) in [5.41, 5.74) is 2.39. The maximum Gasteiger partial charge on any atom is 0.271 e. The van der Waals surface area contributed by atoms with Gasteiger partial charge in [-0.15, -0.1) is 22.7 Å².